The lowest BCUT2D eigenvalue weighted by atomic mass is 9.84. The van der Waals surface area contributed by atoms with Crippen LogP contribution in [0.1, 0.15) is 351 Å². The van der Waals surface area contributed by atoms with Gasteiger partial charge in [0.1, 0.15) is 46.5 Å². The predicted molar refractivity (Wildman–Crippen MR) is 545 cm³/mol. The lowest BCUT2D eigenvalue weighted by Gasteiger charge is -2.24. The van der Waals surface area contributed by atoms with Crippen molar-refractivity contribution in [2.24, 2.45) is 41.4 Å². The van der Waals surface area contributed by atoms with E-state index in [2.05, 4.69) is 130 Å². The summed E-state index contributed by atoms with van der Waals surface area (Å²) >= 11 is 0. The molecule has 0 aromatic heterocycles. The molecule has 6 aliphatic rings. The van der Waals surface area contributed by atoms with Gasteiger partial charge in [-0.25, -0.2) is 43.9 Å². The molecule has 0 bridgehead atoms. The molecule has 746 valence electrons. The van der Waals surface area contributed by atoms with Gasteiger partial charge in [-0.2, -0.15) is 0 Å². The van der Waals surface area contributed by atoms with Gasteiger partial charge >= 0.3 is 0 Å². The van der Waals surface area contributed by atoms with Crippen LogP contribution >= 0.6 is 0 Å². The van der Waals surface area contributed by atoms with Crippen LogP contribution in [0.25, 0.3) is 0 Å². The normalized spacial score (nSPS) is 19.9. The van der Waals surface area contributed by atoms with E-state index in [-0.39, 0.29) is 40.7 Å². The molecule has 3 saturated heterocycles. The molecule has 4 fully saturated rings. The minimum atomic E-state index is -0.712. The first-order valence-electron chi connectivity index (χ1n) is 48.9. The zero-order chi connectivity index (χ0) is 102. The van der Waals surface area contributed by atoms with Crippen molar-refractivity contribution in [2.75, 3.05) is 26.4 Å². The first-order chi connectivity index (χ1) is 61.0. The average molecular weight is 1850 g/mol. The number of halogens is 10. The standard InChI is InChI=1S/C12H18.2C11H15F.4C10H12F2.C8H16.2C8H14.2C7H14O.C6H12O2/c1-7-8(2)10(4)12(6)11(5)9(7)3;2*1-6-7(2)9(4)11(12)10(5)8(6)3;1-5-6(2)10(12)8(4)7(3)9(5)11;2*1-5-6(2)9(11)8(4)10(12)7(5)3;1-5-6(2)8(4)10(12)9(11)7(5)3;3*1-7-3-5-8(2)6-4-7;2*1-6-3-4-7(2)8-5-6;1-5-3-7-6(2)8-4-5/h1-6H3;2*1-5H3;4*1-4H3;7-8H,3-6H2,1-2H3;2*3,8H,4-6H2,1-2H3;2*6-7H,3-5H2,1-2H3;5-6H,3-4H2,1-2H3. The first-order valence-corrected chi connectivity index (χ1v) is 48.9. The van der Waals surface area contributed by atoms with Crippen LogP contribution in [0, 0.1) is 321 Å². The summed E-state index contributed by atoms with van der Waals surface area (Å²) in [6.07, 6.45) is 25.0. The van der Waals surface area contributed by atoms with Crippen molar-refractivity contribution in [3.8, 4) is 0 Å². The fourth-order valence-electron chi connectivity index (χ4n) is 15.9. The van der Waals surface area contributed by atoms with E-state index in [4.69, 9.17) is 18.9 Å². The molecule has 0 radical (unpaired) electrons. The highest BCUT2D eigenvalue weighted by atomic mass is 19.2. The van der Waals surface area contributed by atoms with Gasteiger partial charge in [0.2, 0.25) is 0 Å². The Hall–Kier alpha value is -6.84. The zero-order valence-electron chi connectivity index (χ0n) is 91.1. The zero-order valence-corrected chi connectivity index (χ0v) is 91.1. The van der Waals surface area contributed by atoms with Crippen LogP contribution in [0.4, 0.5) is 43.9 Å². The largest absolute Gasteiger partial charge is 0.378 e. The van der Waals surface area contributed by atoms with Gasteiger partial charge in [-0.05, 0) is 523 Å². The number of hydrogen-bond acceptors (Lipinski definition) is 4. The predicted octanol–water partition coefficient (Wildman–Crippen LogP) is 36.1. The van der Waals surface area contributed by atoms with Gasteiger partial charge in [0.05, 0.1) is 25.4 Å². The molecule has 0 N–H and O–H groups in total. The Bertz CT molecular complexity index is 3340. The molecular formula is C118H180F10O4. The highest BCUT2D eigenvalue weighted by molar-refractivity contribution is 5.50. The van der Waals surface area contributed by atoms with Crippen molar-refractivity contribution in [1.29, 1.82) is 0 Å². The molecule has 132 heavy (non-hydrogen) atoms. The maximum Gasteiger partial charge on any atom is 0.162 e. The third-order valence-electron chi connectivity index (χ3n) is 29.9. The molecule has 13 rings (SSSR count). The number of benzene rings is 7. The Morgan fingerprint density at radius 2 is 0.326 bits per heavy atom. The molecule has 7 aromatic carbocycles. The second kappa shape index (κ2) is 58.7. The van der Waals surface area contributed by atoms with Gasteiger partial charge < -0.3 is 18.9 Å². The summed E-state index contributed by atoms with van der Waals surface area (Å²) in [6.45, 7) is 89.2. The van der Waals surface area contributed by atoms with Gasteiger partial charge in [-0.3, -0.25) is 0 Å². The van der Waals surface area contributed by atoms with Crippen LogP contribution in [0.2, 0.25) is 0 Å². The van der Waals surface area contributed by atoms with Gasteiger partial charge in [-0.15, -0.1) is 0 Å². The third-order valence-corrected chi connectivity index (χ3v) is 29.9. The van der Waals surface area contributed by atoms with Crippen molar-refractivity contribution in [1.82, 2.24) is 0 Å². The van der Waals surface area contributed by atoms with Gasteiger partial charge in [-0.1, -0.05) is 97.4 Å². The SMILES string of the molecule is CC1=CCC(C)CC1.CC1=CCC(C)CC1.CC1CCC(C)CC1.CC1CCC(C)OC1.CC1CCC(C)OC1.CC1COC(C)OC1.Cc1c(C)c(C)c(C)c(C)c1C.Cc1c(C)c(C)c(F)c(C)c1C.Cc1c(C)c(C)c(F)c(C)c1C.Cc1c(C)c(C)c(F)c(F)c1C.Cc1c(C)c(F)c(C)c(C)c1F.Cc1c(C)c(F)c(C)c(F)c1C.Cc1c(C)c(F)c(C)c(F)c1C. The topological polar surface area (TPSA) is 36.9 Å². The summed E-state index contributed by atoms with van der Waals surface area (Å²) in [4.78, 5) is 0. The molecule has 3 heterocycles. The quantitative estimate of drug-likeness (QED) is 0.112. The highest BCUT2D eigenvalue weighted by Crippen LogP contribution is 2.33. The van der Waals surface area contributed by atoms with E-state index in [9.17, 15) is 43.9 Å². The van der Waals surface area contributed by atoms with Crippen LogP contribution in [0.3, 0.4) is 0 Å². The second-order valence-electron chi connectivity index (χ2n) is 40.4. The second-order valence-corrected chi connectivity index (χ2v) is 40.4. The monoisotopic (exact) mass is 1850 g/mol. The number of ether oxygens (including phenoxy) is 4. The molecule has 7 aromatic rings. The third kappa shape index (κ3) is 37.6. The Balaban J connectivity index is 0.000000717. The molecule has 3 aliphatic heterocycles. The summed E-state index contributed by atoms with van der Waals surface area (Å²) in [5.41, 5.74) is 29.8. The average Bonchev–Trinajstić information content (AvgIpc) is 0.841. The van der Waals surface area contributed by atoms with E-state index < -0.39 is 34.9 Å². The van der Waals surface area contributed by atoms with Crippen molar-refractivity contribution >= 4 is 0 Å². The van der Waals surface area contributed by atoms with E-state index in [0.717, 1.165) is 118 Å². The van der Waals surface area contributed by atoms with E-state index in [1.807, 2.05) is 76.2 Å². The van der Waals surface area contributed by atoms with Gasteiger partial charge in [0.25, 0.3) is 0 Å². The highest BCUT2D eigenvalue weighted by Gasteiger charge is 2.22. The molecule has 3 aliphatic carbocycles. The molecule has 0 spiro atoms. The Kier molecular flexibility index (Phi) is 54.7. The van der Waals surface area contributed by atoms with Crippen molar-refractivity contribution in [3.05, 3.63) is 260 Å². The maximum atomic E-state index is 13.4. The molecule has 14 heteroatoms. The smallest absolute Gasteiger partial charge is 0.162 e. The van der Waals surface area contributed by atoms with Gasteiger partial charge in [0, 0.05) is 30.3 Å². The van der Waals surface area contributed by atoms with Crippen LogP contribution in [0.5, 0.6) is 0 Å². The summed E-state index contributed by atoms with van der Waals surface area (Å²) in [7, 11) is 0. The van der Waals surface area contributed by atoms with Crippen LogP contribution in [-0.4, -0.2) is 44.9 Å². The lowest BCUT2D eigenvalue weighted by molar-refractivity contribution is -0.187. The fraction of sp³-hybridized carbons (Fsp3) is 0.610. The number of allylic oxidation sites excluding steroid dienone is 4. The fourth-order valence-corrected chi connectivity index (χ4v) is 15.9. The maximum absolute atomic E-state index is 13.4. The van der Waals surface area contributed by atoms with Crippen LogP contribution in [0.15, 0.2) is 23.3 Å². The Morgan fingerprint density at radius 3 is 0.485 bits per heavy atom. The number of rotatable bonds is 0. The van der Waals surface area contributed by atoms with E-state index in [1.54, 1.807) is 108 Å². The molecular weight excluding hydrogens is 1670 g/mol. The summed E-state index contributed by atoms with van der Waals surface area (Å²) in [5, 5.41) is 0. The van der Waals surface area contributed by atoms with E-state index in [0.29, 0.717) is 84.9 Å². The van der Waals surface area contributed by atoms with E-state index >= 15 is 0 Å². The van der Waals surface area contributed by atoms with E-state index in [1.165, 1.54) is 148 Å². The minimum Gasteiger partial charge on any atom is -0.378 e. The molecule has 4 nitrogen and oxygen atoms in total. The van der Waals surface area contributed by atoms with Crippen LogP contribution < -0.4 is 0 Å². The Morgan fingerprint density at radius 1 is 0.167 bits per heavy atom. The minimum absolute atomic E-state index is 0.0196. The summed E-state index contributed by atoms with van der Waals surface area (Å²) < 4.78 is 153. The summed E-state index contributed by atoms with van der Waals surface area (Å²) in [6, 6.07) is 0. The lowest BCUT2D eigenvalue weighted by Crippen LogP contribution is -2.27. The molecule has 1 saturated carbocycles. The number of hydrogen-bond donors (Lipinski definition) is 0. The molecule has 6 atom stereocenters. The Labute approximate surface area is 798 Å². The van der Waals surface area contributed by atoms with Crippen LogP contribution in [-0.2, 0) is 18.9 Å². The first kappa shape index (κ1) is 123. The molecule has 0 amide bonds. The van der Waals surface area contributed by atoms with Crippen molar-refractivity contribution < 1.29 is 62.9 Å². The molecule has 6 unspecified atom stereocenters. The summed E-state index contributed by atoms with van der Waals surface area (Å²) in [5.74, 6) is 2.33. The van der Waals surface area contributed by atoms with Crippen molar-refractivity contribution in [3.63, 3.8) is 0 Å². The van der Waals surface area contributed by atoms with Crippen molar-refractivity contribution in [2.45, 2.75) is 413 Å². The van der Waals surface area contributed by atoms with Gasteiger partial charge in [0.15, 0.2) is 17.9 Å².